The molecule has 132 valence electrons. The number of rotatable bonds is 6. The second-order valence-electron chi connectivity index (χ2n) is 5.71. The van der Waals surface area contributed by atoms with E-state index in [4.69, 9.17) is 5.73 Å². The first kappa shape index (κ1) is 18.9. The molecule has 0 spiro atoms. The van der Waals surface area contributed by atoms with E-state index in [0.29, 0.717) is 36.0 Å². The van der Waals surface area contributed by atoms with E-state index >= 15 is 0 Å². The maximum atomic E-state index is 12.6. The number of hydrogen-bond donors (Lipinski definition) is 2. The Balaban J connectivity index is 0.00000225. The Morgan fingerprint density at radius 2 is 1.64 bits per heavy atom. The lowest BCUT2D eigenvalue weighted by atomic mass is 9.94. The highest BCUT2D eigenvalue weighted by molar-refractivity contribution is 6.25. The lowest BCUT2D eigenvalue weighted by molar-refractivity contribution is -0.121. The summed E-state index contributed by atoms with van der Waals surface area (Å²) in [5.41, 5.74) is 6.40. The Labute approximate surface area is 151 Å². The van der Waals surface area contributed by atoms with Crippen LogP contribution in [0.1, 0.15) is 33.6 Å². The quantitative estimate of drug-likeness (QED) is 0.766. The predicted molar refractivity (Wildman–Crippen MR) is 97.9 cm³/mol. The van der Waals surface area contributed by atoms with E-state index in [1.54, 1.807) is 12.1 Å². The number of nitrogens with zero attached hydrogens (tertiary/aromatic N) is 1. The van der Waals surface area contributed by atoms with Crippen LogP contribution in [-0.2, 0) is 4.79 Å². The number of nitrogens with two attached hydrogens (primary N) is 1. The molecule has 1 heterocycles. The molecule has 2 aromatic carbocycles. The summed E-state index contributed by atoms with van der Waals surface area (Å²) in [6, 6.07) is 10.9. The average Bonchev–Trinajstić information content (AvgIpc) is 2.60. The molecule has 0 bridgehead atoms. The standard InChI is InChI=1S/C18H19N3O3.ClH/c19-9-10-20-15(22)8-3-11-21-17(23)13-6-1-4-12-5-2-7-14(16(12)13)18(21)24;/h1-2,4-7H,3,8-11,19H2,(H,20,22);1H. The molecule has 6 nitrogen and oxygen atoms in total. The zero-order chi connectivity index (χ0) is 17.1. The number of amides is 3. The summed E-state index contributed by atoms with van der Waals surface area (Å²) in [6.07, 6.45) is 0.676. The summed E-state index contributed by atoms with van der Waals surface area (Å²) in [7, 11) is 0. The van der Waals surface area contributed by atoms with Crippen LogP contribution in [0.3, 0.4) is 0 Å². The van der Waals surface area contributed by atoms with E-state index < -0.39 is 0 Å². The molecule has 0 saturated heterocycles. The minimum atomic E-state index is -0.299. The van der Waals surface area contributed by atoms with Gasteiger partial charge in [-0.1, -0.05) is 24.3 Å². The highest BCUT2D eigenvalue weighted by Gasteiger charge is 2.32. The fourth-order valence-corrected chi connectivity index (χ4v) is 2.98. The van der Waals surface area contributed by atoms with Crippen molar-refractivity contribution in [3.8, 4) is 0 Å². The lowest BCUT2D eigenvalue weighted by Crippen LogP contribution is -2.41. The molecule has 3 amide bonds. The molecular formula is C18H20ClN3O3. The maximum Gasteiger partial charge on any atom is 0.261 e. The van der Waals surface area contributed by atoms with Crippen LogP contribution >= 0.6 is 12.4 Å². The number of benzene rings is 2. The zero-order valence-corrected chi connectivity index (χ0v) is 14.5. The van der Waals surface area contributed by atoms with Crippen LogP contribution in [-0.4, -0.2) is 42.3 Å². The molecule has 0 atom stereocenters. The van der Waals surface area contributed by atoms with Gasteiger partial charge in [0.15, 0.2) is 0 Å². The second kappa shape index (κ2) is 8.09. The van der Waals surface area contributed by atoms with E-state index in [9.17, 15) is 14.4 Å². The highest BCUT2D eigenvalue weighted by atomic mass is 35.5. The topological polar surface area (TPSA) is 92.5 Å². The Bertz CT molecular complexity index is 772. The molecule has 3 N–H and O–H groups in total. The Morgan fingerprint density at radius 3 is 2.20 bits per heavy atom. The van der Waals surface area contributed by atoms with Gasteiger partial charge in [0.25, 0.3) is 11.8 Å². The van der Waals surface area contributed by atoms with Crippen molar-refractivity contribution in [2.45, 2.75) is 12.8 Å². The summed E-state index contributed by atoms with van der Waals surface area (Å²) in [5, 5.41) is 4.27. The third-order valence-corrected chi connectivity index (χ3v) is 4.11. The summed E-state index contributed by atoms with van der Waals surface area (Å²) in [4.78, 5) is 38.1. The van der Waals surface area contributed by atoms with Crippen LogP contribution in [0, 0.1) is 0 Å². The number of carbonyl (C=O) groups excluding carboxylic acids is 3. The van der Waals surface area contributed by atoms with Crippen LogP contribution in [0.2, 0.25) is 0 Å². The van der Waals surface area contributed by atoms with Crippen molar-refractivity contribution in [3.63, 3.8) is 0 Å². The Hall–Kier alpha value is -2.44. The van der Waals surface area contributed by atoms with E-state index in [1.165, 1.54) is 4.90 Å². The molecule has 0 fully saturated rings. The lowest BCUT2D eigenvalue weighted by Gasteiger charge is -2.27. The molecule has 0 aromatic heterocycles. The first-order chi connectivity index (χ1) is 11.6. The van der Waals surface area contributed by atoms with Gasteiger partial charge in [-0.05, 0) is 23.9 Å². The third-order valence-electron chi connectivity index (χ3n) is 4.11. The molecule has 0 unspecified atom stereocenters. The molecule has 0 radical (unpaired) electrons. The zero-order valence-electron chi connectivity index (χ0n) is 13.7. The average molecular weight is 362 g/mol. The molecule has 1 aliphatic rings. The number of hydrogen-bond acceptors (Lipinski definition) is 4. The van der Waals surface area contributed by atoms with Crippen molar-refractivity contribution in [2.24, 2.45) is 5.73 Å². The molecule has 0 aliphatic carbocycles. The van der Waals surface area contributed by atoms with E-state index in [-0.39, 0.29) is 43.1 Å². The summed E-state index contributed by atoms with van der Waals surface area (Å²) in [6.45, 7) is 1.03. The maximum absolute atomic E-state index is 12.6. The van der Waals surface area contributed by atoms with Crippen molar-refractivity contribution in [2.75, 3.05) is 19.6 Å². The van der Waals surface area contributed by atoms with Crippen LogP contribution in [0.4, 0.5) is 0 Å². The SMILES string of the molecule is Cl.NCCNC(=O)CCCN1C(=O)c2cccc3cccc(c23)C1=O. The molecule has 25 heavy (non-hydrogen) atoms. The van der Waals surface area contributed by atoms with E-state index in [2.05, 4.69) is 5.32 Å². The van der Waals surface area contributed by atoms with Gasteiger partial charge in [0.1, 0.15) is 0 Å². The van der Waals surface area contributed by atoms with Gasteiger partial charge >= 0.3 is 0 Å². The van der Waals surface area contributed by atoms with E-state index in [0.717, 1.165) is 5.39 Å². The van der Waals surface area contributed by atoms with Gasteiger partial charge < -0.3 is 11.1 Å². The minimum Gasteiger partial charge on any atom is -0.355 e. The predicted octanol–water partition coefficient (Wildman–Crippen LogP) is 1.71. The normalized spacial score (nSPS) is 12.9. The number of imide groups is 1. The molecule has 0 saturated carbocycles. The van der Waals surface area contributed by atoms with Crippen LogP contribution in [0.25, 0.3) is 10.8 Å². The molecule has 2 aromatic rings. The summed E-state index contributed by atoms with van der Waals surface area (Å²) >= 11 is 0. The second-order valence-corrected chi connectivity index (χ2v) is 5.71. The van der Waals surface area contributed by atoms with Gasteiger partial charge in [-0.15, -0.1) is 12.4 Å². The minimum absolute atomic E-state index is 0. The van der Waals surface area contributed by atoms with Crippen LogP contribution in [0.15, 0.2) is 36.4 Å². The monoisotopic (exact) mass is 361 g/mol. The first-order valence-electron chi connectivity index (χ1n) is 7.98. The number of carbonyl (C=O) groups is 3. The molecule has 7 heteroatoms. The Kier molecular flexibility index (Phi) is 6.12. The van der Waals surface area contributed by atoms with Crippen molar-refractivity contribution < 1.29 is 14.4 Å². The van der Waals surface area contributed by atoms with E-state index in [1.807, 2.05) is 24.3 Å². The van der Waals surface area contributed by atoms with Gasteiger partial charge in [-0.3, -0.25) is 19.3 Å². The summed E-state index contributed by atoms with van der Waals surface area (Å²) in [5.74, 6) is -0.724. The van der Waals surface area contributed by atoms with Gasteiger partial charge in [0, 0.05) is 42.6 Å². The highest BCUT2D eigenvalue weighted by Crippen LogP contribution is 2.29. The van der Waals surface area contributed by atoms with Crippen LogP contribution in [0.5, 0.6) is 0 Å². The summed E-state index contributed by atoms with van der Waals surface area (Å²) < 4.78 is 0. The third kappa shape index (κ3) is 3.65. The first-order valence-corrected chi connectivity index (χ1v) is 7.98. The van der Waals surface area contributed by atoms with Crippen LogP contribution < -0.4 is 11.1 Å². The van der Waals surface area contributed by atoms with Gasteiger partial charge in [-0.2, -0.15) is 0 Å². The Morgan fingerprint density at radius 1 is 1.04 bits per heavy atom. The van der Waals surface area contributed by atoms with Gasteiger partial charge in [-0.25, -0.2) is 0 Å². The number of nitrogens with one attached hydrogen (secondary N) is 1. The fourth-order valence-electron chi connectivity index (χ4n) is 2.98. The molecule has 3 rings (SSSR count). The number of halogens is 1. The fraction of sp³-hybridized carbons (Fsp3) is 0.278. The van der Waals surface area contributed by atoms with Crippen molar-refractivity contribution in [1.29, 1.82) is 0 Å². The van der Waals surface area contributed by atoms with Gasteiger partial charge in [0.2, 0.25) is 5.91 Å². The van der Waals surface area contributed by atoms with Gasteiger partial charge in [0.05, 0.1) is 0 Å². The molecular weight excluding hydrogens is 342 g/mol. The largest absolute Gasteiger partial charge is 0.355 e. The van der Waals surface area contributed by atoms with Crippen molar-refractivity contribution in [3.05, 3.63) is 47.5 Å². The van der Waals surface area contributed by atoms with Crippen molar-refractivity contribution in [1.82, 2.24) is 10.2 Å². The van der Waals surface area contributed by atoms with Crippen molar-refractivity contribution >= 4 is 40.9 Å². The molecule has 1 aliphatic heterocycles. The smallest absolute Gasteiger partial charge is 0.261 e.